The molecule has 0 aromatic carbocycles. The molecule has 0 radical (unpaired) electrons. The van der Waals surface area contributed by atoms with Gasteiger partial charge < -0.3 is 0 Å². The number of nitrogens with zero attached hydrogens (tertiary/aromatic N) is 6. The topological polar surface area (TPSA) is 67.2 Å². The molecule has 0 unspecified atom stereocenters. The second kappa shape index (κ2) is 8.27. The normalized spacial score (nSPS) is 18.4. The van der Waals surface area contributed by atoms with Crippen LogP contribution in [0.25, 0.3) is 0 Å². The van der Waals surface area contributed by atoms with Gasteiger partial charge in [-0.1, -0.05) is 0 Å². The van der Waals surface area contributed by atoms with Crippen molar-refractivity contribution in [3.05, 3.63) is 51.5 Å². The Bertz CT molecular complexity index is 823. The zero-order valence-electron chi connectivity index (χ0n) is 16.1. The molecule has 27 heavy (non-hydrogen) atoms. The lowest BCUT2D eigenvalue weighted by Gasteiger charge is -2.34. The summed E-state index contributed by atoms with van der Waals surface area (Å²) in [7, 11) is 0. The van der Waals surface area contributed by atoms with Crippen LogP contribution in [0, 0.1) is 6.92 Å². The Morgan fingerprint density at radius 3 is 2.44 bits per heavy atom. The molecule has 4 rings (SSSR count). The van der Waals surface area contributed by atoms with E-state index in [-0.39, 0.29) is 5.56 Å². The van der Waals surface area contributed by atoms with Gasteiger partial charge in [-0.25, -0.2) is 14.6 Å². The highest BCUT2D eigenvalue weighted by atomic mass is 16.1. The summed E-state index contributed by atoms with van der Waals surface area (Å²) >= 11 is 0. The number of rotatable bonds is 5. The number of hydrogen-bond donors (Lipinski definition) is 0. The highest BCUT2D eigenvalue weighted by Gasteiger charge is 2.18. The summed E-state index contributed by atoms with van der Waals surface area (Å²) in [5, 5.41) is 4.63. The molecule has 7 heteroatoms. The van der Waals surface area contributed by atoms with Crippen molar-refractivity contribution in [1.29, 1.82) is 0 Å². The fraction of sp³-hybridized carbons (Fsp3) is 0.600. The van der Waals surface area contributed by atoms with Crippen LogP contribution < -0.4 is 5.56 Å². The molecule has 3 heterocycles. The van der Waals surface area contributed by atoms with E-state index in [1.165, 1.54) is 18.4 Å². The molecule has 0 spiro atoms. The summed E-state index contributed by atoms with van der Waals surface area (Å²) in [6.07, 6.45) is 8.22. The number of hydrogen-bond acceptors (Lipinski definition) is 6. The quantitative estimate of drug-likeness (QED) is 0.786. The number of piperazine rings is 1. The molecule has 0 amide bonds. The van der Waals surface area contributed by atoms with Gasteiger partial charge in [-0.2, -0.15) is 5.10 Å². The minimum atomic E-state index is 0.0497. The third-order valence-electron chi connectivity index (χ3n) is 5.61. The van der Waals surface area contributed by atoms with Crippen molar-refractivity contribution in [1.82, 2.24) is 29.5 Å². The van der Waals surface area contributed by atoms with Crippen LogP contribution in [0.1, 0.15) is 35.5 Å². The van der Waals surface area contributed by atoms with Crippen molar-refractivity contribution in [2.75, 3.05) is 32.7 Å². The van der Waals surface area contributed by atoms with Crippen molar-refractivity contribution in [2.24, 2.45) is 0 Å². The van der Waals surface area contributed by atoms with Crippen LogP contribution in [0.15, 0.2) is 23.3 Å². The molecule has 0 bridgehead atoms. The molecule has 1 aliphatic carbocycles. The largest absolute Gasteiger partial charge is 0.299 e. The maximum Gasteiger partial charge on any atom is 0.267 e. The molecule has 1 saturated heterocycles. The highest BCUT2D eigenvalue weighted by molar-refractivity contribution is 5.20. The van der Waals surface area contributed by atoms with Gasteiger partial charge >= 0.3 is 0 Å². The van der Waals surface area contributed by atoms with E-state index in [4.69, 9.17) is 0 Å². The van der Waals surface area contributed by atoms with E-state index >= 15 is 0 Å². The molecule has 7 nitrogen and oxygen atoms in total. The zero-order chi connectivity index (χ0) is 18.6. The monoisotopic (exact) mass is 368 g/mol. The highest BCUT2D eigenvalue weighted by Crippen LogP contribution is 2.16. The minimum absolute atomic E-state index is 0.0497. The maximum absolute atomic E-state index is 12.3. The molecule has 144 valence electrons. The van der Waals surface area contributed by atoms with Gasteiger partial charge in [-0.05, 0) is 38.2 Å². The number of fused-ring (bicyclic) bond motifs is 1. The van der Waals surface area contributed by atoms with Crippen molar-refractivity contribution in [3.63, 3.8) is 0 Å². The van der Waals surface area contributed by atoms with Crippen LogP contribution in [0.4, 0.5) is 0 Å². The van der Waals surface area contributed by atoms with Crippen molar-refractivity contribution < 1.29 is 0 Å². The Kier molecular flexibility index (Phi) is 5.59. The standard InChI is InChI=1S/C20H28N6O/c1-16-21-13-17(14-22-16)15-25-8-6-24(7-9-25)10-11-26-20(27)12-18-4-2-3-5-19(18)23-26/h12-14H,2-11,15H2,1H3. The molecular formula is C20H28N6O. The van der Waals surface area contributed by atoms with Gasteiger partial charge in [0, 0.05) is 63.3 Å². The molecule has 1 aliphatic heterocycles. The van der Waals surface area contributed by atoms with Gasteiger partial charge in [0.15, 0.2) is 0 Å². The van der Waals surface area contributed by atoms with Gasteiger partial charge in [-0.3, -0.25) is 14.6 Å². The fourth-order valence-corrected chi connectivity index (χ4v) is 3.93. The third-order valence-corrected chi connectivity index (χ3v) is 5.61. The first kappa shape index (κ1) is 18.3. The Morgan fingerprint density at radius 2 is 1.67 bits per heavy atom. The summed E-state index contributed by atoms with van der Waals surface area (Å²) in [5.41, 5.74) is 3.51. The summed E-state index contributed by atoms with van der Waals surface area (Å²) in [6, 6.07) is 1.81. The average molecular weight is 368 g/mol. The van der Waals surface area contributed by atoms with E-state index in [1.807, 2.05) is 25.4 Å². The van der Waals surface area contributed by atoms with Crippen molar-refractivity contribution in [2.45, 2.75) is 45.7 Å². The molecule has 0 atom stereocenters. The molecule has 0 saturated carbocycles. The first-order valence-electron chi connectivity index (χ1n) is 9.99. The van der Waals surface area contributed by atoms with E-state index in [9.17, 15) is 4.79 Å². The Balaban J connectivity index is 1.27. The molecular weight excluding hydrogens is 340 g/mol. The predicted octanol–water partition coefficient (Wildman–Crippen LogP) is 1.04. The van der Waals surface area contributed by atoms with Crippen LogP contribution in [0.5, 0.6) is 0 Å². The van der Waals surface area contributed by atoms with Crippen LogP contribution in [0.3, 0.4) is 0 Å². The number of aromatic nitrogens is 4. The lowest BCUT2D eigenvalue weighted by atomic mass is 9.97. The van der Waals surface area contributed by atoms with Gasteiger partial charge in [-0.15, -0.1) is 0 Å². The fourth-order valence-electron chi connectivity index (χ4n) is 3.93. The van der Waals surface area contributed by atoms with Crippen LogP contribution in [-0.2, 0) is 25.9 Å². The first-order chi connectivity index (χ1) is 13.2. The van der Waals surface area contributed by atoms with Crippen LogP contribution in [-0.4, -0.2) is 62.3 Å². The van der Waals surface area contributed by atoms with Crippen molar-refractivity contribution >= 4 is 0 Å². The number of aryl methyl sites for hydroxylation is 3. The Morgan fingerprint density at radius 1 is 0.963 bits per heavy atom. The third kappa shape index (κ3) is 4.59. The van der Waals surface area contributed by atoms with Crippen LogP contribution >= 0.6 is 0 Å². The Labute approximate surface area is 160 Å². The molecule has 1 fully saturated rings. The summed E-state index contributed by atoms with van der Waals surface area (Å²) in [5.74, 6) is 0.814. The molecule has 2 aliphatic rings. The van der Waals surface area contributed by atoms with Gasteiger partial charge in [0.1, 0.15) is 5.82 Å². The minimum Gasteiger partial charge on any atom is -0.299 e. The van der Waals surface area contributed by atoms with Gasteiger partial charge in [0.25, 0.3) is 5.56 Å². The molecule has 2 aromatic rings. The molecule has 0 N–H and O–H groups in total. The second-order valence-electron chi connectivity index (χ2n) is 7.64. The average Bonchev–Trinajstić information content (AvgIpc) is 2.69. The SMILES string of the molecule is Cc1ncc(CN2CCN(CCn3nc4c(cc3=O)CCCC4)CC2)cn1. The van der Waals surface area contributed by atoms with E-state index in [1.54, 1.807) is 4.68 Å². The smallest absolute Gasteiger partial charge is 0.267 e. The lowest BCUT2D eigenvalue weighted by molar-refractivity contribution is 0.122. The summed E-state index contributed by atoms with van der Waals surface area (Å²) < 4.78 is 1.67. The summed E-state index contributed by atoms with van der Waals surface area (Å²) in [6.45, 7) is 8.47. The van der Waals surface area contributed by atoms with E-state index in [0.717, 1.165) is 69.2 Å². The van der Waals surface area contributed by atoms with E-state index in [2.05, 4.69) is 24.9 Å². The van der Waals surface area contributed by atoms with E-state index in [0.29, 0.717) is 6.54 Å². The van der Waals surface area contributed by atoms with Crippen molar-refractivity contribution in [3.8, 4) is 0 Å². The lowest BCUT2D eigenvalue weighted by Crippen LogP contribution is -2.47. The maximum atomic E-state index is 12.3. The van der Waals surface area contributed by atoms with Gasteiger partial charge in [0.05, 0.1) is 12.2 Å². The van der Waals surface area contributed by atoms with Crippen LogP contribution in [0.2, 0.25) is 0 Å². The summed E-state index contributed by atoms with van der Waals surface area (Å²) in [4.78, 5) is 25.7. The Hall–Kier alpha value is -2.12. The first-order valence-corrected chi connectivity index (χ1v) is 9.99. The molecule has 2 aromatic heterocycles. The van der Waals surface area contributed by atoms with Gasteiger partial charge in [0.2, 0.25) is 0 Å². The zero-order valence-corrected chi connectivity index (χ0v) is 16.1. The predicted molar refractivity (Wildman–Crippen MR) is 104 cm³/mol. The van der Waals surface area contributed by atoms with E-state index < -0.39 is 0 Å². The second-order valence-corrected chi connectivity index (χ2v) is 7.64.